The molecule has 2 rings (SSSR count). The van der Waals surface area contributed by atoms with E-state index in [1.807, 2.05) is 0 Å². The average molecular weight is 282 g/mol. The number of carbonyl (C=O) groups is 1. The summed E-state index contributed by atoms with van der Waals surface area (Å²) in [6.07, 6.45) is 1.31. The number of amides is 1. The maximum absolute atomic E-state index is 12.0. The largest absolute Gasteiger partial charge is 0.438 e. The Morgan fingerprint density at radius 1 is 1.59 bits per heavy atom. The van der Waals surface area contributed by atoms with Crippen LogP contribution >= 0.6 is 24.8 Å². The van der Waals surface area contributed by atoms with Gasteiger partial charge in [0, 0.05) is 25.7 Å². The summed E-state index contributed by atoms with van der Waals surface area (Å²) in [6, 6.07) is 0.339. The number of rotatable bonds is 1. The van der Waals surface area contributed by atoms with Crippen molar-refractivity contribution in [3.63, 3.8) is 0 Å². The Labute approximate surface area is 113 Å². The number of nitrogens with one attached hydrogen (secondary N) is 1. The molecule has 0 saturated carbocycles. The van der Waals surface area contributed by atoms with Crippen molar-refractivity contribution < 1.29 is 9.21 Å². The molecular weight excluding hydrogens is 265 g/mol. The molecule has 98 valence electrons. The molecule has 5 nitrogen and oxygen atoms in total. The summed E-state index contributed by atoms with van der Waals surface area (Å²) in [7, 11) is 0. The Balaban J connectivity index is 0.00000128. The molecule has 1 N–H and O–H groups in total. The second-order valence-corrected chi connectivity index (χ2v) is 3.87. The van der Waals surface area contributed by atoms with Crippen molar-refractivity contribution in [1.82, 2.24) is 15.2 Å². The molecule has 0 unspecified atom stereocenters. The van der Waals surface area contributed by atoms with Gasteiger partial charge in [-0.15, -0.1) is 24.8 Å². The first-order valence-corrected chi connectivity index (χ1v) is 5.11. The van der Waals surface area contributed by atoms with Crippen molar-refractivity contribution in [3.8, 4) is 0 Å². The number of oxazole rings is 1. The first kappa shape index (κ1) is 16.2. The van der Waals surface area contributed by atoms with E-state index in [0.29, 0.717) is 17.5 Å². The Hall–Kier alpha value is -0.780. The van der Waals surface area contributed by atoms with E-state index in [2.05, 4.69) is 17.2 Å². The van der Waals surface area contributed by atoms with E-state index < -0.39 is 0 Å². The zero-order valence-corrected chi connectivity index (χ0v) is 11.4. The van der Waals surface area contributed by atoms with Gasteiger partial charge in [-0.25, -0.2) is 4.98 Å². The highest BCUT2D eigenvalue weighted by Crippen LogP contribution is 2.10. The SMILES string of the molecule is Cc1ncoc1C(=O)N1CCN[C@H](C)C1.Cl.Cl. The molecule has 0 aliphatic carbocycles. The smallest absolute Gasteiger partial charge is 0.291 e. The van der Waals surface area contributed by atoms with Crippen molar-refractivity contribution in [3.05, 3.63) is 17.8 Å². The summed E-state index contributed by atoms with van der Waals surface area (Å²) in [5.74, 6) is 0.308. The van der Waals surface area contributed by atoms with E-state index in [0.717, 1.165) is 19.6 Å². The molecule has 1 amide bonds. The molecule has 1 fully saturated rings. The third-order valence-corrected chi connectivity index (χ3v) is 2.60. The van der Waals surface area contributed by atoms with Crippen LogP contribution in [0.15, 0.2) is 10.8 Å². The number of aromatic nitrogens is 1. The predicted octanol–water partition coefficient (Wildman–Crippen LogP) is 1.26. The minimum atomic E-state index is -0.0571. The average Bonchev–Trinajstić information content (AvgIpc) is 2.63. The van der Waals surface area contributed by atoms with Crippen LogP contribution < -0.4 is 5.32 Å². The lowest BCUT2D eigenvalue weighted by Gasteiger charge is -2.31. The van der Waals surface area contributed by atoms with E-state index >= 15 is 0 Å². The van der Waals surface area contributed by atoms with Crippen LogP contribution in [0.4, 0.5) is 0 Å². The molecule has 0 aromatic carbocycles. The highest BCUT2D eigenvalue weighted by Gasteiger charge is 2.25. The summed E-state index contributed by atoms with van der Waals surface area (Å²) in [4.78, 5) is 17.7. The quantitative estimate of drug-likeness (QED) is 0.842. The normalized spacial score (nSPS) is 19.2. The molecular formula is C10H17Cl2N3O2. The first-order chi connectivity index (χ1) is 7.18. The van der Waals surface area contributed by atoms with Gasteiger partial charge in [-0.3, -0.25) is 4.79 Å². The standard InChI is InChI=1S/C10H15N3O2.2ClH/c1-7-5-13(4-3-11-7)10(14)9-8(2)12-6-15-9;;/h6-7,11H,3-5H2,1-2H3;2*1H/t7-;;/m1../s1. The van der Waals surface area contributed by atoms with Crippen LogP contribution in [0.25, 0.3) is 0 Å². The lowest BCUT2D eigenvalue weighted by Crippen LogP contribution is -2.51. The van der Waals surface area contributed by atoms with Crippen molar-refractivity contribution in [2.24, 2.45) is 0 Å². The van der Waals surface area contributed by atoms with Crippen LogP contribution in [0.1, 0.15) is 23.2 Å². The van der Waals surface area contributed by atoms with Gasteiger partial charge in [-0.2, -0.15) is 0 Å². The number of piperazine rings is 1. The Kier molecular flexibility index (Phi) is 6.52. The van der Waals surface area contributed by atoms with E-state index in [-0.39, 0.29) is 30.7 Å². The van der Waals surface area contributed by atoms with Gasteiger partial charge in [0.1, 0.15) is 0 Å². The van der Waals surface area contributed by atoms with Gasteiger partial charge in [0.2, 0.25) is 5.76 Å². The summed E-state index contributed by atoms with van der Waals surface area (Å²) in [6.45, 7) is 6.12. The lowest BCUT2D eigenvalue weighted by atomic mass is 10.2. The zero-order chi connectivity index (χ0) is 10.8. The second kappa shape index (κ2) is 6.83. The highest BCUT2D eigenvalue weighted by molar-refractivity contribution is 5.92. The van der Waals surface area contributed by atoms with Crippen molar-refractivity contribution >= 4 is 30.7 Å². The predicted molar refractivity (Wildman–Crippen MR) is 69.1 cm³/mol. The summed E-state index contributed by atoms with van der Waals surface area (Å²) < 4.78 is 5.09. The molecule has 0 radical (unpaired) electrons. The highest BCUT2D eigenvalue weighted by atomic mass is 35.5. The fraction of sp³-hybridized carbons (Fsp3) is 0.600. The summed E-state index contributed by atoms with van der Waals surface area (Å²) in [5.41, 5.74) is 0.659. The molecule has 0 bridgehead atoms. The van der Waals surface area contributed by atoms with E-state index in [1.54, 1.807) is 11.8 Å². The molecule has 7 heteroatoms. The number of hydrogen-bond donors (Lipinski definition) is 1. The number of hydrogen-bond acceptors (Lipinski definition) is 4. The van der Waals surface area contributed by atoms with Gasteiger partial charge in [-0.1, -0.05) is 0 Å². The Morgan fingerprint density at radius 3 is 2.82 bits per heavy atom. The van der Waals surface area contributed by atoms with Crippen LogP contribution in [-0.4, -0.2) is 41.5 Å². The number of nitrogens with zero attached hydrogens (tertiary/aromatic N) is 2. The van der Waals surface area contributed by atoms with Crippen molar-refractivity contribution in [2.45, 2.75) is 19.9 Å². The van der Waals surface area contributed by atoms with Gasteiger partial charge in [0.25, 0.3) is 5.91 Å². The first-order valence-electron chi connectivity index (χ1n) is 5.11. The van der Waals surface area contributed by atoms with Crippen molar-refractivity contribution in [1.29, 1.82) is 0 Å². The van der Waals surface area contributed by atoms with Crippen LogP contribution in [0, 0.1) is 6.92 Å². The van der Waals surface area contributed by atoms with Crippen LogP contribution in [-0.2, 0) is 0 Å². The number of carbonyl (C=O) groups excluding carboxylic acids is 1. The van der Waals surface area contributed by atoms with Crippen LogP contribution in [0.5, 0.6) is 0 Å². The molecule has 1 atom stereocenters. The van der Waals surface area contributed by atoms with Crippen LogP contribution in [0.2, 0.25) is 0 Å². The third kappa shape index (κ3) is 3.59. The molecule has 1 aliphatic rings. The lowest BCUT2D eigenvalue weighted by molar-refractivity contribution is 0.0676. The fourth-order valence-electron chi connectivity index (χ4n) is 1.77. The Bertz CT molecular complexity index is 370. The number of halogens is 2. The fourth-order valence-corrected chi connectivity index (χ4v) is 1.77. The van der Waals surface area contributed by atoms with Gasteiger partial charge in [0.05, 0.1) is 5.69 Å². The topological polar surface area (TPSA) is 58.4 Å². The molecule has 17 heavy (non-hydrogen) atoms. The molecule has 2 heterocycles. The maximum Gasteiger partial charge on any atom is 0.291 e. The van der Waals surface area contributed by atoms with Crippen LogP contribution in [0.3, 0.4) is 0 Å². The monoisotopic (exact) mass is 281 g/mol. The van der Waals surface area contributed by atoms with Crippen molar-refractivity contribution in [2.75, 3.05) is 19.6 Å². The molecule has 1 aromatic heterocycles. The third-order valence-electron chi connectivity index (χ3n) is 2.60. The molecule has 1 aromatic rings. The number of aryl methyl sites for hydroxylation is 1. The second-order valence-electron chi connectivity index (χ2n) is 3.87. The minimum Gasteiger partial charge on any atom is -0.438 e. The summed E-state index contributed by atoms with van der Waals surface area (Å²) in [5, 5.41) is 3.29. The maximum atomic E-state index is 12.0. The minimum absolute atomic E-state index is 0. The van der Waals surface area contributed by atoms with Gasteiger partial charge in [-0.05, 0) is 13.8 Å². The Morgan fingerprint density at radius 2 is 2.29 bits per heavy atom. The zero-order valence-electron chi connectivity index (χ0n) is 9.80. The van der Waals surface area contributed by atoms with E-state index in [1.165, 1.54) is 6.39 Å². The molecule has 0 spiro atoms. The molecule has 1 aliphatic heterocycles. The van der Waals surface area contributed by atoms with Gasteiger partial charge >= 0.3 is 0 Å². The van der Waals surface area contributed by atoms with E-state index in [9.17, 15) is 4.79 Å². The molecule has 1 saturated heterocycles. The van der Waals surface area contributed by atoms with Gasteiger partial charge in [0.15, 0.2) is 6.39 Å². The van der Waals surface area contributed by atoms with E-state index in [4.69, 9.17) is 4.42 Å². The van der Waals surface area contributed by atoms with Gasteiger partial charge < -0.3 is 14.6 Å². The summed E-state index contributed by atoms with van der Waals surface area (Å²) >= 11 is 0.